The van der Waals surface area contributed by atoms with E-state index >= 15 is 0 Å². The quantitative estimate of drug-likeness (QED) is 0.231. The number of hydrogen-bond donors (Lipinski definition) is 0. The summed E-state index contributed by atoms with van der Waals surface area (Å²) in [6.45, 7) is 0.0453. The Balaban J connectivity index is 1.58. The largest absolute Gasteiger partial charge is 0.461 e. The van der Waals surface area contributed by atoms with E-state index in [1.165, 1.54) is 34.7 Å². The summed E-state index contributed by atoms with van der Waals surface area (Å²) in [7, 11) is 0. The van der Waals surface area contributed by atoms with Crippen LogP contribution in [-0.4, -0.2) is 38.9 Å². The Labute approximate surface area is 197 Å². The minimum Gasteiger partial charge on any atom is -0.461 e. The van der Waals surface area contributed by atoms with Crippen LogP contribution < -0.4 is 11.2 Å². The van der Waals surface area contributed by atoms with Crippen LogP contribution in [0.2, 0.25) is 0 Å². The van der Waals surface area contributed by atoms with Crippen molar-refractivity contribution in [3.63, 3.8) is 0 Å². The monoisotopic (exact) mass is 477 g/mol. The molecule has 4 rings (SSSR count). The van der Waals surface area contributed by atoms with E-state index in [0.717, 1.165) is 6.07 Å². The molecule has 0 saturated carbocycles. The zero-order chi connectivity index (χ0) is 24.1. The number of ether oxygens (including phenoxy) is 1. The first-order chi connectivity index (χ1) is 16.5. The van der Waals surface area contributed by atoms with E-state index in [-0.39, 0.29) is 17.4 Å². The van der Waals surface area contributed by atoms with Gasteiger partial charge in [0.1, 0.15) is 6.61 Å². The van der Waals surface area contributed by atoms with Gasteiger partial charge in [-0.3, -0.25) is 14.2 Å². The van der Waals surface area contributed by atoms with Crippen molar-refractivity contribution in [2.75, 3.05) is 6.61 Å². The molecule has 11 heteroatoms. The molecule has 10 nitrogen and oxygen atoms in total. The number of aromatic nitrogens is 2. The van der Waals surface area contributed by atoms with E-state index < -0.39 is 34.5 Å². The number of rotatable bonds is 6. The fourth-order valence-corrected chi connectivity index (χ4v) is 5.15. The Morgan fingerprint density at radius 1 is 1.03 bits per heavy atom. The summed E-state index contributed by atoms with van der Waals surface area (Å²) in [4.78, 5) is 53.5. The molecule has 172 valence electrons. The van der Waals surface area contributed by atoms with E-state index in [0.29, 0.717) is 16.6 Å². The molecule has 0 amide bonds. The molecule has 1 aliphatic heterocycles. The minimum absolute atomic E-state index is 0.0453. The van der Waals surface area contributed by atoms with Crippen LogP contribution in [0.3, 0.4) is 0 Å². The molecule has 1 aliphatic rings. The fourth-order valence-electron chi connectivity index (χ4n) is 3.67. The highest BCUT2D eigenvalue weighted by Crippen LogP contribution is 2.43. The normalized spacial score (nSPS) is 19.2. The van der Waals surface area contributed by atoms with Crippen molar-refractivity contribution >= 4 is 23.6 Å². The van der Waals surface area contributed by atoms with E-state index in [1.807, 2.05) is 0 Å². The standard InChI is InChI=1S/C23H19N5O5S/c24-26-25-18-13-17(14-33-22(31)16-9-5-2-6-10-16)34-21(18)27-12-11-19(29)28(23(27)32)20(30)15-7-3-1-4-8-15/h1-12,17-18,21H,13-14H2/t17-,18+,21-/m1/s1. The third kappa shape index (κ3) is 4.80. The van der Waals surface area contributed by atoms with Crippen molar-refractivity contribution in [3.8, 4) is 0 Å². The molecule has 0 aliphatic carbocycles. The van der Waals surface area contributed by atoms with Crippen molar-refractivity contribution in [2.24, 2.45) is 5.11 Å². The summed E-state index contributed by atoms with van der Waals surface area (Å²) in [5.41, 5.74) is 8.03. The summed E-state index contributed by atoms with van der Waals surface area (Å²) in [5, 5.41) is 2.86. The Morgan fingerprint density at radius 2 is 1.68 bits per heavy atom. The first-order valence-corrected chi connectivity index (χ1v) is 11.3. The van der Waals surface area contributed by atoms with Crippen molar-refractivity contribution in [2.45, 2.75) is 23.1 Å². The number of carbonyl (C=O) groups excluding carboxylic acids is 2. The van der Waals surface area contributed by atoms with Gasteiger partial charge in [-0.05, 0) is 36.2 Å². The van der Waals surface area contributed by atoms with Crippen LogP contribution in [0.4, 0.5) is 0 Å². The maximum Gasteiger partial charge on any atom is 0.339 e. The first-order valence-electron chi connectivity index (χ1n) is 10.4. The Bertz CT molecular complexity index is 1370. The Morgan fingerprint density at radius 3 is 2.32 bits per heavy atom. The first kappa shape index (κ1) is 23.1. The molecule has 1 saturated heterocycles. The van der Waals surface area contributed by atoms with Crippen LogP contribution in [0.25, 0.3) is 10.4 Å². The third-order valence-corrected chi connectivity index (χ3v) is 6.82. The summed E-state index contributed by atoms with van der Waals surface area (Å²) in [6, 6.07) is 17.0. The summed E-state index contributed by atoms with van der Waals surface area (Å²) >= 11 is 1.28. The van der Waals surface area contributed by atoms with Crippen LogP contribution in [0.15, 0.2) is 87.6 Å². The predicted octanol–water partition coefficient (Wildman–Crippen LogP) is 3.24. The fraction of sp³-hybridized carbons (Fsp3) is 0.217. The molecule has 0 unspecified atom stereocenters. The van der Waals surface area contributed by atoms with Gasteiger partial charge in [-0.1, -0.05) is 41.5 Å². The lowest BCUT2D eigenvalue weighted by atomic mass is 10.1. The molecule has 2 aromatic carbocycles. The minimum atomic E-state index is -0.834. The average molecular weight is 478 g/mol. The zero-order valence-corrected chi connectivity index (χ0v) is 18.6. The SMILES string of the molecule is [N-]=[N+]=N[C@H]1C[C@H](COC(=O)c2ccccc2)S[C@H]1n1ccc(=O)n(C(=O)c2ccccc2)c1=O. The van der Waals surface area contributed by atoms with Crippen LogP contribution >= 0.6 is 11.8 Å². The highest BCUT2D eigenvalue weighted by molar-refractivity contribution is 8.00. The molecular weight excluding hydrogens is 458 g/mol. The molecule has 3 aromatic rings. The van der Waals surface area contributed by atoms with Crippen LogP contribution in [0.5, 0.6) is 0 Å². The highest BCUT2D eigenvalue weighted by atomic mass is 32.2. The van der Waals surface area contributed by atoms with Crippen molar-refractivity contribution in [3.05, 3.63) is 115 Å². The van der Waals surface area contributed by atoms with Gasteiger partial charge in [0.25, 0.3) is 11.5 Å². The van der Waals surface area contributed by atoms with Crippen LogP contribution in [-0.2, 0) is 4.74 Å². The maximum absolute atomic E-state index is 13.2. The van der Waals surface area contributed by atoms with Crippen molar-refractivity contribution < 1.29 is 14.3 Å². The van der Waals surface area contributed by atoms with E-state index in [2.05, 4.69) is 10.0 Å². The summed E-state index contributed by atoms with van der Waals surface area (Å²) in [5.74, 6) is -1.23. The van der Waals surface area contributed by atoms with Gasteiger partial charge in [0.15, 0.2) is 0 Å². The second kappa shape index (κ2) is 10.2. The van der Waals surface area contributed by atoms with E-state index in [4.69, 9.17) is 10.3 Å². The van der Waals surface area contributed by atoms with Gasteiger partial charge in [0, 0.05) is 28.0 Å². The lowest BCUT2D eigenvalue weighted by Gasteiger charge is -2.18. The van der Waals surface area contributed by atoms with Gasteiger partial charge in [-0.15, -0.1) is 11.8 Å². The summed E-state index contributed by atoms with van der Waals surface area (Å²) in [6.07, 6.45) is 1.63. The predicted molar refractivity (Wildman–Crippen MR) is 126 cm³/mol. The van der Waals surface area contributed by atoms with E-state index in [9.17, 15) is 19.2 Å². The molecule has 1 fully saturated rings. The molecule has 2 heterocycles. The smallest absolute Gasteiger partial charge is 0.339 e. The van der Waals surface area contributed by atoms with Crippen LogP contribution in [0.1, 0.15) is 32.5 Å². The number of esters is 1. The average Bonchev–Trinajstić information content (AvgIpc) is 3.26. The topological polar surface area (TPSA) is 136 Å². The van der Waals surface area contributed by atoms with Gasteiger partial charge in [-0.25, -0.2) is 9.59 Å². The number of carbonyl (C=O) groups is 2. The van der Waals surface area contributed by atoms with Gasteiger partial charge in [0.2, 0.25) is 0 Å². The molecular formula is C23H19N5O5S. The van der Waals surface area contributed by atoms with Gasteiger partial charge >= 0.3 is 11.7 Å². The molecule has 3 atom stereocenters. The van der Waals surface area contributed by atoms with Crippen molar-refractivity contribution in [1.29, 1.82) is 0 Å². The number of nitrogens with zero attached hydrogens (tertiary/aromatic N) is 5. The Kier molecular flexibility index (Phi) is 6.95. The lowest BCUT2D eigenvalue weighted by Crippen LogP contribution is -2.44. The number of azide groups is 1. The molecule has 0 radical (unpaired) electrons. The van der Waals surface area contributed by atoms with E-state index in [1.54, 1.807) is 48.5 Å². The second-order valence-electron chi connectivity index (χ2n) is 7.47. The maximum atomic E-state index is 13.2. The number of thioether (sulfide) groups is 1. The molecule has 0 spiro atoms. The lowest BCUT2D eigenvalue weighted by molar-refractivity contribution is 0.0504. The van der Waals surface area contributed by atoms with Crippen LogP contribution in [0, 0.1) is 0 Å². The third-order valence-electron chi connectivity index (χ3n) is 5.28. The highest BCUT2D eigenvalue weighted by Gasteiger charge is 2.37. The van der Waals surface area contributed by atoms with Crippen molar-refractivity contribution in [1.82, 2.24) is 9.13 Å². The zero-order valence-electron chi connectivity index (χ0n) is 17.8. The summed E-state index contributed by atoms with van der Waals surface area (Å²) < 4.78 is 7.18. The number of benzene rings is 2. The molecule has 0 N–H and O–H groups in total. The molecule has 34 heavy (non-hydrogen) atoms. The number of hydrogen-bond acceptors (Lipinski definition) is 7. The van der Waals surface area contributed by atoms with Gasteiger partial charge in [-0.2, -0.15) is 4.57 Å². The Hall–Kier alpha value is -4.08. The van der Waals surface area contributed by atoms with Gasteiger partial charge in [0.05, 0.1) is 17.0 Å². The second-order valence-corrected chi connectivity index (χ2v) is 8.89. The molecule has 0 bridgehead atoms. The molecule has 1 aromatic heterocycles. The van der Waals surface area contributed by atoms with Gasteiger partial charge < -0.3 is 4.74 Å².